The number of imidazole rings is 1. The molecule has 0 unspecified atom stereocenters. The van der Waals surface area contributed by atoms with E-state index in [1.807, 2.05) is 30.0 Å². The van der Waals surface area contributed by atoms with Gasteiger partial charge in [-0.25, -0.2) is 4.98 Å². The number of dihydropyridines is 1. The minimum atomic E-state index is -0.239. The van der Waals surface area contributed by atoms with E-state index in [9.17, 15) is 9.59 Å². The van der Waals surface area contributed by atoms with E-state index in [0.29, 0.717) is 43.5 Å². The minimum absolute atomic E-state index is 0.0213. The number of nitrogens with zero attached hydrogens (tertiary/aromatic N) is 3. The van der Waals surface area contributed by atoms with Gasteiger partial charge in [0.1, 0.15) is 5.76 Å². The Kier molecular flexibility index (Phi) is 7.32. The van der Waals surface area contributed by atoms with Gasteiger partial charge in [-0.1, -0.05) is 18.2 Å². The van der Waals surface area contributed by atoms with E-state index in [4.69, 9.17) is 15.5 Å². The van der Waals surface area contributed by atoms with Gasteiger partial charge >= 0.3 is 0 Å². The predicted molar refractivity (Wildman–Crippen MR) is 132 cm³/mol. The average molecular weight is 465 g/mol. The number of nitrogens with two attached hydrogens (primary N) is 1. The fraction of sp³-hybridized carbons (Fsp3) is 0.400. The highest BCUT2D eigenvalue weighted by Crippen LogP contribution is 2.32. The van der Waals surface area contributed by atoms with Gasteiger partial charge in [-0.15, -0.1) is 0 Å². The fourth-order valence-corrected chi connectivity index (χ4v) is 4.54. The molecule has 1 atom stereocenters. The Morgan fingerprint density at radius 3 is 3.00 bits per heavy atom. The number of carbonyl (C=O) groups is 2. The van der Waals surface area contributed by atoms with E-state index < -0.39 is 0 Å². The molecule has 2 aliphatic rings. The van der Waals surface area contributed by atoms with Crippen molar-refractivity contribution in [3.63, 3.8) is 0 Å². The number of rotatable bonds is 6. The molecule has 1 aromatic carbocycles. The summed E-state index contributed by atoms with van der Waals surface area (Å²) in [5, 5.41) is 6.08. The van der Waals surface area contributed by atoms with Crippen LogP contribution in [0.4, 0.5) is 5.95 Å². The van der Waals surface area contributed by atoms with Crippen molar-refractivity contribution < 1.29 is 14.3 Å². The summed E-state index contributed by atoms with van der Waals surface area (Å²) < 4.78 is 7.35. The highest BCUT2D eigenvalue weighted by atomic mass is 16.5. The Labute approximate surface area is 199 Å². The molecule has 34 heavy (non-hydrogen) atoms. The number of allylic oxidation sites excluding steroid dienone is 1. The molecule has 0 saturated carbocycles. The molecule has 2 aromatic rings. The van der Waals surface area contributed by atoms with Gasteiger partial charge in [0.05, 0.1) is 24.2 Å². The van der Waals surface area contributed by atoms with Gasteiger partial charge < -0.3 is 25.3 Å². The summed E-state index contributed by atoms with van der Waals surface area (Å²) in [7, 11) is 1.56. The monoisotopic (exact) mass is 464 g/mol. The maximum absolute atomic E-state index is 13.1. The van der Waals surface area contributed by atoms with Gasteiger partial charge in [0.2, 0.25) is 11.9 Å². The number of aromatic nitrogens is 2. The molecule has 0 aliphatic carbocycles. The number of fused-ring (bicyclic) bond motifs is 1. The molecule has 180 valence electrons. The normalized spacial score (nSPS) is 18.8. The number of ether oxygens (including phenoxy) is 1. The fourth-order valence-electron chi connectivity index (χ4n) is 4.54. The second-order valence-electron chi connectivity index (χ2n) is 8.58. The van der Waals surface area contributed by atoms with Crippen molar-refractivity contribution in [1.29, 1.82) is 0 Å². The van der Waals surface area contributed by atoms with Crippen molar-refractivity contribution in [2.75, 3.05) is 38.6 Å². The quantitative estimate of drug-likeness (QED) is 0.566. The first kappa shape index (κ1) is 23.6. The number of methoxy groups -OCH3 is 1. The standard InChI is InChI=1S/C25H32N6O3/c1-17-7-5-9-21-23(17)31(19-8-3-4-12-30(16-19)22(32)10-6-11-26)25(28-21)29-24(33)18-13-20(34-2)15-27-14-18/h5-7,9-10,13,15,19,27H,3-4,8,11-12,14,16,26H2,1-2H3,(H,28,29,33)/b10-6+/t19-/m1/s1. The van der Waals surface area contributed by atoms with E-state index in [1.165, 1.54) is 0 Å². The van der Waals surface area contributed by atoms with Crippen LogP contribution in [0.2, 0.25) is 0 Å². The van der Waals surface area contributed by atoms with Crippen LogP contribution in [0.25, 0.3) is 11.0 Å². The highest BCUT2D eigenvalue weighted by molar-refractivity contribution is 6.04. The molecule has 3 heterocycles. The molecule has 0 radical (unpaired) electrons. The number of para-hydroxylation sites is 1. The van der Waals surface area contributed by atoms with Crippen molar-refractivity contribution in [2.45, 2.75) is 32.2 Å². The maximum Gasteiger partial charge on any atom is 0.255 e. The first-order chi connectivity index (χ1) is 16.5. The molecule has 4 rings (SSSR count). The van der Waals surface area contributed by atoms with Crippen molar-refractivity contribution >= 4 is 28.8 Å². The highest BCUT2D eigenvalue weighted by Gasteiger charge is 2.27. The summed E-state index contributed by atoms with van der Waals surface area (Å²) in [5.41, 5.74) is 8.95. The Hall–Kier alpha value is -3.59. The largest absolute Gasteiger partial charge is 0.495 e. The molecule has 1 aromatic heterocycles. The molecule has 9 nitrogen and oxygen atoms in total. The second kappa shape index (κ2) is 10.6. The minimum Gasteiger partial charge on any atom is -0.495 e. The predicted octanol–water partition coefficient (Wildman–Crippen LogP) is 2.37. The Bertz CT molecular complexity index is 1160. The van der Waals surface area contributed by atoms with Crippen LogP contribution in [0.1, 0.15) is 30.9 Å². The summed E-state index contributed by atoms with van der Waals surface area (Å²) in [4.78, 5) is 32.5. The lowest BCUT2D eigenvalue weighted by Gasteiger charge is -2.26. The van der Waals surface area contributed by atoms with Gasteiger partial charge in [0, 0.05) is 44.0 Å². The Morgan fingerprint density at radius 1 is 1.35 bits per heavy atom. The third-order valence-electron chi connectivity index (χ3n) is 6.24. The van der Waals surface area contributed by atoms with E-state index >= 15 is 0 Å². The van der Waals surface area contributed by atoms with Crippen LogP contribution < -0.4 is 16.4 Å². The first-order valence-electron chi connectivity index (χ1n) is 11.6. The van der Waals surface area contributed by atoms with Crippen LogP contribution in [-0.2, 0) is 14.3 Å². The number of nitrogens with one attached hydrogen (secondary N) is 2. The topological polar surface area (TPSA) is 115 Å². The number of aryl methyl sites for hydroxylation is 1. The third kappa shape index (κ3) is 4.99. The molecule has 2 amide bonds. The molecular weight excluding hydrogens is 432 g/mol. The summed E-state index contributed by atoms with van der Waals surface area (Å²) in [6.45, 7) is 4.00. The molecule has 0 bridgehead atoms. The summed E-state index contributed by atoms with van der Waals surface area (Å²) >= 11 is 0. The molecule has 0 spiro atoms. The lowest BCUT2D eigenvalue weighted by atomic mass is 10.1. The van der Waals surface area contributed by atoms with Crippen molar-refractivity contribution in [3.05, 3.63) is 59.5 Å². The summed E-state index contributed by atoms with van der Waals surface area (Å²) in [6, 6.07) is 5.93. The molecule has 2 aliphatic heterocycles. The molecular formula is C25H32N6O3. The average Bonchev–Trinajstić information content (AvgIpc) is 3.04. The van der Waals surface area contributed by atoms with E-state index in [0.717, 1.165) is 35.9 Å². The number of anilines is 1. The summed E-state index contributed by atoms with van der Waals surface area (Å²) in [6.07, 6.45) is 9.46. The van der Waals surface area contributed by atoms with E-state index in [2.05, 4.69) is 15.2 Å². The number of hydrogen-bond acceptors (Lipinski definition) is 6. The van der Waals surface area contributed by atoms with Crippen LogP contribution in [0.15, 0.2) is 54.0 Å². The number of carbonyl (C=O) groups excluding carboxylic acids is 2. The second-order valence-corrected chi connectivity index (χ2v) is 8.58. The van der Waals surface area contributed by atoms with Crippen LogP contribution in [0.5, 0.6) is 0 Å². The number of amides is 2. The third-order valence-corrected chi connectivity index (χ3v) is 6.24. The van der Waals surface area contributed by atoms with Crippen LogP contribution in [-0.4, -0.2) is 59.6 Å². The molecule has 9 heteroatoms. The van der Waals surface area contributed by atoms with E-state index in [-0.39, 0.29) is 17.9 Å². The number of hydrogen-bond donors (Lipinski definition) is 3. The maximum atomic E-state index is 13.1. The van der Waals surface area contributed by atoms with Crippen LogP contribution in [0, 0.1) is 6.92 Å². The lowest BCUT2D eigenvalue weighted by molar-refractivity contribution is -0.126. The zero-order valence-corrected chi connectivity index (χ0v) is 19.7. The SMILES string of the molecule is COC1=CNCC(C(=O)Nc2nc3cccc(C)c3n2[C@@H]2CCCCN(C(=O)/C=C/CN)C2)=C1. The molecule has 4 N–H and O–H groups in total. The molecule has 1 fully saturated rings. The summed E-state index contributed by atoms with van der Waals surface area (Å²) in [5.74, 6) is 0.794. The Morgan fingerprint density at radius 2 is 2.21 bits per heavy atom. The van der Waals surface area contributed by atoms with Crippen LogP contribution in [0.3, 0.4) is 0 Å². The van der Waals surface area contributed by atoms with Gasteiger partial charge in [0.25, 0.3) is 5.91 Å². The Balaban J connectivity index is 1.70. The van der Waals surface area contributed by atoms with E-state index in [1.54, 1.807) is 31.5 Å². The van der Waals surface area contributed by atoms with Gasteiger partial charge in [-0.05, 0) is 43.9 Å². The van der Waals surface area contributed by atoms with Gasteiger partial charge in [-0.3, -0.25) is 14.9 Å². The smallest absolute Gasteiger partial charge is 0.255 e. The van der Waals surface area contributed by atoms with Crippen molar-refractivity contribution in [1.82, 2.24) is 19.8 Å². The zero-order chi connectivity index (χ0) is 24.1. The van der Waals surface area contributed by atoms with Crippen molar-refractivity contribution in [2.24, 2.45) is 5.73 Å². The lowest BCUT2D eigenvalue weighted by Crippen LogP contribution is -2.35. The van der Waals surface area contributed by atoms with Gasteiger partial charge in [-0.2, -0.15) is 0 Å². The zero-order valence-electron chi connectivity index (χ0n) is 19.7. The van der Waals surface area contributed by atoms with Crippen LogP contribution >= 0.6 is 0 Å². The first-order valence-corrected chi connectivity index (χ1v) is 11.6. The molecule has 1 saturated heterocycles. The van der Waals surface area contributed by atoms with Gasteiger partial charge in [0.15, 0.2) is 0 Å². The number of likely N-dealkylation sites (tertiary alicyclic amines) is 1. The van der Waals surface area contributed by atoms with Crippen molar-refractivity contribution in [3.8, 4) is 0 Å². The number of benzene rings is 1.